The molecular formula is C13H9NO2. The molecular weight excluding hydrogens is 202 g/mol. The summed E-state index contributed by atoms with van der Waals surface area (Å²) in [6.07, 6.45) is 1.42. The van der Waals surface area contributed by atoms with Gasteiger partial charge in [-0.1, -0.05) is 30.3 Å². The van der Waals surface area contributed by atoms with Crippen molar-refractivity contribution in [1.82, 2.24) is 0 Å². The minimum Gasteiger partial charge on any atom is -0.463 e. The minimum absolute atomic E-state index is 0.431. The van der Waals surface area contributed by atoms with E-state index in [1.54, 1.807) is 0 Å². The quantitative estimate of drug-likeness (QED) is 0.672. The van der Waals surface area contributed by atoms with Crippen molar-refractivity contribution in [3.8, 4) is 0 Å². The van der Waals surface area contributed by atoms with Crippen LogP contribution in [0.4, 0.5) is 0 Å². The number of carbonyl (C=O) groups excluding carboxylic acids is 1. The van der Waals surface area contributed by atoms with Crippen LogP contribution in [0.5, 0.6) is 0 Å². The molecule has 78 valence electrons. The summed E-state index contributed by atoms with van der Waals surface area (Å²) in [5.41, 5.74) is 6.42. The topological polar surface area (TPSA) is 56.2 Å². The second kappa shape index (κ2) is 3.10. The molecule has 0 aliphatic carbocycles. The molecule has 3 aromatic rings. The van der Waals surface area contributed by atoms with Crippen molar-refractivity contribution >= 4 is 27.6 Å². The fourth-order valence-electron chi connectivity index (χ4n) is 1.95. The summed E-state index contributed by atoms with van der Waals surface area (Å²) < 4.78 is 5.42. The highest BCUT2D eigenvalue weighted by Crippen LogP contribution is 2.28. The predicted octanol–water partition coefficient (Wildman–Crippen LogP) is 2.68. The van der Waals surface area contributed by atoms with Gasteiger partial charge in [0.05, 0.1) is 5.56 Å². The largest absolute Gasteiger partial charge is 0.463 e. The predicted molar refractivity (Wildman–Crippen MR) is 62.2 cm³/mol. The first-order valence-corrected chi connectivity index (χ1v) is 4.96. The maximum Gasteiger partial charge on any atom is 0.252 e. The minimum atomic E-state index is -0.464. The van der Waals surface area contributed by atoms with Gasteiger partial charge in [0.2, 0.25) is 0 Å². The van der Waals surface area contributed by atoms with Crippen molar-refractivity contribution in [2.24, 2.45) is 5.73 Å². The number of fused-ring (bicyclic) bond motifs is 3. The molecule has 3 nitrogen and oxygen atoms in total. The van der Waals surface area contributed by atoms with Gasteiger partial charge >= 0.3 is 0 Å². The molecule has 1 aromatic heterocycles. The van der Waals surface area contributed by atoms with Crippen LogP contribution in [0.3, 0.4) is 0 Å². The van der Waals surface area contributed by atoms with E-state index in [2.05, 4.69) is 0 Å². The number of hydrogen-bond acceptors (Lipinski definition) is 2. The van der Waals surface area contributed by atoms with Gasteiger partial charge in [-0.3, -0.25) is 4.79 Å². The van der Waals surface area contributed by atoms with Gasteiger partial charge in [-0.2, -0.15) is 0 Å². The number of carbonyl (C=O) groups is 1. The average Bonchev–Trinajstić information content (AvgIpc) is 2.73. The molecule has 3 heteroatoms. The van der Waals surface area contributed by atoms with Crippen LogP contribution in [0.25, 0.3) is 21.7 Å². The summed E-state index contributed by atoms with van der Waals surface area (Å²) in [5, 5.41) is 2.85. The Labute approximate surface area is 91.5 Å². The van der Waals surface area contributed by atoms with E-state index in [9.17, 15) is 4.79 Å². The zero-order valence-electron chi connectivity index (χ0n) is 8.44. The van der Waals surface area contributed by atoms with E-state index in [0.29, 0.717) is 11.1 Å². The zero-order valence-corrected chi connectivity index (χ0v) is 8.44. The van der Waals surface area contributed by atoms with Crippen molar-refractivity contribution in [2.45, 2.75) is 0 Å². The molecule has 0 bridgehead atoms. The fourth-order valence-corrected chi connectivity index (χ4v) is 1.95. The highest BCUT2D eigenvalue weighted by molar-refractivity contribution is 6.12. The van der Waals surface area contributed by atoms with E-state index in [1.807, 2.05) is 36.4 Å². The van der Waals surface area contributed by atoms with Crippen molar-refractivity contribution in [1.29, 1.82) is 0 Å². The van der Waals surface area contributed by atoms with E-state index in [1.165, 1.54) is 6.26 Å². The Balaban J connectivity index is 2.49. The molecule has 0 aliphatic heterocycles. The van der Waals surface area contributed by atoms with Crippen LogP contribution in [-0.4, -0.2) is 5.91 Å². The third-order valence-electron chi connectivity index (χ3n) is 2.73. The normalized spacial score (nSPS) is 11.0. The van der Waals surface area contributed by atoms with Gasteiger partial charge in [-0.15, -0.1) is 0 Å². The number of benzene rings is 2. The van der Waals surface area contributed by atoms with Gasteiger partial charge < -0.3 is 10.2 Å². The Kier molecular flexibility index (Phi) is 1.74. The van der Waals surface area contributed by atoms with Crippen molar-refractivity contribution < 1.29 is 9.21 Å². The summed E-state index contributed by atoms with van der Waals surface area (Å²) in [5.74, 6) is -0.464. The summed E-state index contributed by atoms with van der Waals surface area (Å²) in [7, 11) is 0. The van der Waals surface area contributed by atoms with E-state index in [0.717, 1.165) is 16.2 Å². The lowest BCUT2D eigenvalue weighted by molar-refractivity contribution is 0.100. The second-order valence-electron chi connectivity index (χ2n) is 3.68. The molecule has 16 heavy (non-hydrogen) atoms. The standard InChI is InChI=1S/C13H9NO2/c14-13(15)11-7-16-12-9-4-2-1-3-8(9)5-6-10(11)12/h1-7H,(H2,14,15). The van der Waals surface area contributed by atoms with E-state index in [4.69, 9.17) is 10.2 Å². The smallest absolute Gasteiger partial charge is 0.252 e. The van der Waals surface area contributed by atoms with Crippen molar-refractivity contribution in [3.63, 3.8) is 0 Å². The van der Waals surface area contributed by atoms with Crippen LogP contribution >= 0.6 is 0 Å². The summed E-state index contributed by atoms with van der Waals surface area (Å²) in [6.45, 7) is 0. The van der Waals surface area contributed by atoms with Crippen molar-refractivity contribution in [2.75, 3.05) is 0 Å². The summed E-state index contributed by atoms with van der Waals surface area (Å²) in [4.78, 5) is 11.2. The summed E-state index contributed by atoms with van der Waals surface area (Å²) in [6, 6.07) is 11.7. The first-order valence-electron chi connectivity index (χ1n) is 4.96. The molecule has 0 aliphatic rings. The number of primary amides is 1. The Bertz CT molecular complexity index is 697. The lowest BCUT2D eigenvalue weighted by Gasteiger charge is -1.97. The molecule has 0 atom stereocenters. The number of nitrogens with two attached hydrogens (primary N) is 1. The lowest BCUT2D eigenvalue weighted by atomic mass is 10.1. The molecule has 2 aromatic carbocycles. The molecule has 0 radical (unpaired) electrons. The number of amides is 1. The van der Waals surface area contributed by atoms with Gasteiger partial charge in [0.25, 0.3) is 5.91 Å². The van der Waals surface area contributed by atoms with Crippen LogP contribution in [0, 0.1) is 0 Å². The van der Waals surface area contributed by atoms with Gasteiger partial charge in [-0.25, -0.2) is 0 Å². The number of rotatable bonds is 1. The summed E-state index contributed by atoms with van der Waals surface area (Å²) >= 11 is 0. The van der Waals surface area contributed by atoms with Crippen LogP contribution < -0.4 is 5.73 Å². The molecule has 3 rings (SSSR count). The Morgan fingerprint density at radius 2 is 1.88 bits per heavy atom. The average molecular weight is 211 g/mol. The van der Waals surface area contributed by atoms with Crippen LogP contribution in [-0.2, 0) is 0 Å². The van der Waals surface area contributed by atoms with Crippen LogP contribution in [0.1, 0.15) is 10.4 Å². The second-order valence-corrected chi connectivity index (χ2v) is 3.68. The Hall–Kier alpha value is -2.29. The first-order chi connectivity index (χ1) is 7.77. The van der Waals surface area contributed by atoms with Crippen LogP contribution in [0.2, 0.25) is 0 Å². The molecule has 0 spiro atoms. The SMILES string of the molecule is NC(=O)c1coc2c1ccc1ccccc12. The van der Waals surface area contributed by atoms with Gasteiger partial charge in [0, 0.05) is 10.8 Å². The number of hydrogen-bond donors (Lipinski definition) is 1. The molecule has 1 heterocycles. The van der Waals surface area contributed by atoms with Crippen LogP contribution in [0.15, 0.2) is 47.1 Å². The van der Waals surface area contributed by atoms with E-state index in [-0.39, 0.29) is 0 Å². The van der Waals surface area contributed by atoms with Gasteiger partial charge in [-0.05, 0) is 11.5 Å². The van der Waals surface area contributed by atoms with Gasteiger partial charge in [0.15, 0.2) is 0 Å². The van der Waals surface area contributed by atoms with E-state index >= 15 is 0 Å². The molecule has 0 fully saturated rings. The monoisotopic (exact) mass is 211 g/mol. The lowest BCUT2D eigenvalue weighted by Crippen LogP contribution is -2.09. The van der Waals surface area contributed by atoms with E-state index < -0.39 is 5.91 Å². The molecule has 0 saturated heterocycles. The third-order valence-corrected chi connectivity index (χ3v) is 2.73. The first kappa shape index (κ1) is 8.97. The zero-order chi connectivity index (χ0) is 11.1. The maximum atomic E-state index is 11.2. The molecule has 0 unspecified atom stereocenters. The highest BCUT2D eigenvalue weighted by atomic mass is 16.3. The number of furan rings is 1. The highest BCUT2D eigenvalue weighted by Gasteiger charge is 2.12. The molecule has 2 N–H and O–H groups in total. The maximum absolute atomic E-state index is 11.2. The Morgan fingerprint density at radius 1 is 1.06 bits per heavy atom. The van der Waals surface area contributed by atoms with Gasteiger partial charge in [0.1, 0.15) is 11.8 Å². The third kappa shape index (κ3) is 1.11. The Morgan fingerprint density at radius 3 is 2.69 bits per heavy atom. The molecule has 0 saturated carbocycles. The van der Waals surface area contributed by atoms with Crippen molar-refractivity contribution in [3.05, 3.63) is 48.2 Å². The fraction of sp³-hybridized carbons (Fsp3) is 0. The molecule has 1 amide bonds.